The van der Waals surface area contributed by atoms with Crippen LogP contribution >= 0.6 is 11.3 Å². The first kappa shape index (κ1) is 20.2. The molecule has 1 aliphatic heterocycles. The molecule has 0 aliphatic carbocycles. The van der Waals surface area contributed by atoms with Crippen LogP contribution in [0.4, 0.5) is 0 Å². The summed E-state index contributed by atoms with van der Waals surface area (Å²) in [6.45, 7) is 6.26. The third-order valence-corrected chi connectivity index (χ3v) is 5.74. The molecular formula is C16H28N4O3S2. The van der Waals surface area contributed by atoms with E-state index in [1.165, 1.54) is 11.1 Å². The Morgan fingerprint density at radius 3 is 2.68 bits per heavy atom. The molecule has 1 aliphatic rings. The lowest BCUT2D eigenvalue weighted by molar-refractivity contribution is 0.150. The molecule has 2 heterocycles. The molecule has 0 atom stereocenters. The van der Waals surface area contributed by atoms with Crippen LogP contribution in [0.25, 0.3) is 0 Å². The summed E-state index contributed by atoms with van der Waals surface area (Å²) in [6.07, 6.45) is 1.22. The molecule has 0 aromatic carbocycles. The molecule has 25 heavy (non-hydrogen) atoms. The number of piperazine rings is 1. The van der Waals surface area contributed by atoms with Crippen LogP contribution in [-0.4, -0.2) is 89.2 Å². The van der Waals surface area contributed by atoms with E-state index in [0.29, 0.717) is 13.2 Å². The molecule has 0 bridgehead atoms. The second kappa shape index (κ2) is 10.1. The van der Waals surface area contributed by atoms with Gasteiger partial charge in [-0.1, -0.05) is 6.07 Å². The molecule has 0 saturated carbocycles. The number of hydrogen-bond donors (Lipinski definition) is 1. The smallest absolute Gasteiger partial charge is 0.193 e. The van der Waals surface area contributed by atoms with E-state index >= 15 is 0 Å². The summed E-state index contributed by atoms with van der Waals surface area (Å²) < 4.78 is 27.4. The van der Waals surface area contributed by atoms with Crippen molar-refractivity contribution in [3.05, 3.63) is 22.4 Å². The summed E-state index contributed by atoms with van der Waals surface area (Å²) in [5.41, 5.74) is 0. The first-order chi connectivity index (χ1) is 12.0. The van der Waals surface area contributed by atoms with E-state index in [1.807, 2.05) is 0 Å². The maximum absolute atomic E-state index is 11.0. The molecule has 1 aromatic heterocycles. The van der Waals surface area contributed by atoms with Crippen molar-refractivity contribution in [2.24, 2.45) is 4.99 Å². The van der Waals surface area contributed by atoms with Crippen LogP contribution in [0, 0.1) is 0 Å². The van der Waals surface area contributed by atoms with Crippen LogP contribution in [0.5, 0.6) is 0 Å². The number of rotatable bonds is 8. The Hall–Kier alpha value is -1.16. The lowest BCUT2D eigenvalue weighted by atomic mass is 10.3. The van der Waals surface area contributed by atoms with Gasteiger partial charge in [0.25, 0.3) is 0 Å². The largest absolute Gasteiger partial charge is 0.379 e. The number of ether oxygens (including phenoxy) is 1. The SMILES string of the molecule is CN=C(NCCOCCS(C)(=O)=O)N1CCN(Cc2cccs2)CC1. The number of nitrogens with zero attached hydrogens (tertiary/aromatic N) is 3. The minimum atomic E-state index is -2.95. The molecule has 9 heteroatoms. The van der Waals surface area contributed by atoms with Crippen molar-refractivity contribution in [3.63, 3.8) is 0 Å². The van der Waals surface area contributed by atoms with Crippen molar-refractivity contribution in [2.45, 2.75) is 6.54 Å². The Bertz CT molecular complexity index is 624. The van der Waals surface area contributed by atoms with Crippen LogP contribution < -0.4 is 5.32 Å². The summed E-state index contributed by atoms with van der Waals surface area (Å²) in [5.74, 6) is 0.941. The highest BCUT2D eigenvalue weighted by Gasteiger charge is 2.19. The summed E-state index contributed by atoms with van der Waals surface area (Å²) in [4.78, 5) is 10.5. The predicted molar refractivity (Wildman–Crippen MR) is 103 cm³/mol. The van der Waals surface area contributed by atoms with Crippen molar-refractivity contribution in [2.75, 3.05) is 65.0 Å². The highest BCUT2D eigenvalue weighted by Crippen LogP contribution is 2.13. The molecule has 0 radical (unpaired) electrons. The molecule has 142 valence electrons. The van der Waals surface area contributed by atoms with E-state index in [9.17, 15) is 8.42 Å². The molecule has 1 N–H and O–H groups in total. The molecular weight excluding hydrogens is 360 g/mol. The molecule has 0 amide bonds. The van der Waals surface area contributed by atoms with Gasteiger partial charge in [0.15, 0.2) is 5.96 Å². The number of aliphatic imine (C=N–C) groups is 1. The fourth-order valence-electron chi connectivity index (χ4n) is 2.62. The number of thiophene rings is 1. The highest BCUT2D eigenvalue weighted by atomic mass is 32.2. The van der Waals surface area contributed by atoms with Gasteiger partial charge in [-0.25, -0.2) is 8.42 Å². The first-order valence-corrected chi connectivity index (χ1v) is 11.4. The average molecular weight is 389 g/mol. The second-order valence-electron chi connectivity index (χ2n) is 6.06. The van der Waals surface area contributed by atoms with Gasteiger partial charge in [-0.05, 0) is 11.4 Å². The van der Waals surface area contributed by atoms with Gasteiger partial charge in [0.1, 0.15) is 9.84 Å². The predicted octanol–water partition coefficient (Wildman–Crippen LogP) is 0.502. The summed E-state index contributed by atoms with van der Waals surface area (Å²) in [6, 6.07) is 4.28. The molecule has 1 fully saturated rings. The lowest BCUT2D eigenvalue weighted by Gasteiger charge is -2.36. The maximum Gasteiger partial charge on any atom is 0.193 e. The second-order valence-corrected chi connectivity index (χ2v) is 9.35. The number of sulfone groups is 1. The Balaban J connectivity index is 1.63. The molecule has 2 rings (SSSR count). The first-order valence-electron chi connectivity index (χ1n) is 8.44. The van der Waals surface area contributed by atoms with Crippen LogP contribution in [0.1, 0.15) is 4.88 Å². The van der Waals surface area contributed by atoms with Gasteiger partial charge in [0, 0.05) is 57.4 Å². The summed E-state index contributed by atoms with van der Waals surface area (Å²) in [7, 11) is -1.17. The van der Waals surface area contributed by atoms with Crippen molar-refractivity contribution >= 4 is 27.1 Å². The highest BCUT2D eigenvalue weighted by molar-refractivity contribution is 7.90. The third kappa shape index (κ3) is 7.72. The third-order valence-electron chi connectivity index (χ3n) is 3.97. The fourth-order valence-corrected chi connectivity index (χ4v) is 3.79. The summed E-state index contributed by atoms with van der Waals surface area (Å²) in [5, 5.41) is 5.40. The monoisotopic (exact) mass is 388 g/mol. The zero-order valence-corrected chi connectivity index (χ0v) is 16.6. The van der Waals surface area contributed by atoms with Crippen LogP contribution in [0.3, 0.4) is 0 Å². The van der Waals surface area contributed by atoms with E-state index in [-0.39, 0.29) is 12.4 Å². The van der Waals surface area contributed by atoms with Crippen molar-refractivity contribution in [3.8, 4) is 0 Å². The normalized spacial score (nSPS) is 17.0. The summed E-state index contributed by atoms with van der Waals surface area (Å²) >= 11 is 1.80. The molecule has 1 saturated heterocycles. The number of nitrogens with one attached hydrogen (secondary N) is 1. The standard InChI is InChI=1S/C16H28N4O3S2/c1-17-16(18-5-10-23-11-13-25(2,21)22)20-8-6-19(7-9-20)14-15-4-3-12-24-15/h3-4,12H,5-11,13-14H2,1-2H3,(H,17,18). The fraction of sp³-hybridized carbons (Fsp3) is 0.688. The van der Waals surface area contributed by atoms with Gasteiger partial charge >= 0.3 is 0 Å². The van der Waals surface area contributed by atoms with Gasteiger partial charge in [0.2, 0.25) is 0 Å². The van der Waals surface area contributed by atoms with E-state index in [1.54, 1.807) is 18.4 Å². The molecule has 0 unspecified atom stereocenters. The molecule has 7 nitrogen and oxygen atoms in total. The lowest BCUT2D eigenvalue weighted by Crippen LogP contribution is -2.52. The van der Waals surface area contributed by atoms with Gasteiger partial charge < -0.3 is 15.0 Å². The van der Waals surface area contributed by atoms with E-state index in [0.717, 1.165) is 38.7 Å². The van der Waals surface area contributed by atoms with Crippen LogP contribution in [-0.2, 0) is 21.1 Å². The van der Waals surface area contributed by atoms with Gasteiger partial charge in [0.05, 0.1) is 19.0 Å². The van der Waals surface area contributed by atoms with E-state index < -0.39 is 9.84 Å². The van der Waals surface area contributed by atoms with Crippen molar-refractivity contribution < 1.29 is 13.2 Å². The van der Waals surface area contributed by atoms with Gasteiger partial charge in [-0.15, -0.1) is 11.3 Å². The Morgan fingerprint density at radius 2 is 2.08 bits per heavy atom. The van der Waals surface area contributed by atoms with Gasteiger partial charge in [-0.2, -0.15) is 0 Å². The van der Waals surface area contributed by atoms with E-state index in [4.69, 9.17) is 4.74 Å². The maximum atomic E-state index is 11.0. The zero-order chi connectivity index (χ0) is 18.1. The zero-order valence-electron chi connectivity index (χ0n) is 15.0. The number of hydrogen-bond acceptors (Lipinski definition) is 6. The Morgan fingerprint density at radius 1 is 1.32 bits per heavy atom. The molecule has 1 aromatic rings. The van der Waals surface area contributed by atoms with Crippen molar-refractivity contribution in [1.29, 1.82) is 0 Å². The quantitative estimate of drug-likeness (QED) is 0.397. The van der Waals surface area contributed by atoms with Crippen LogP contribution in [0.2, 0.25) is 0 Å². The van der Waals surface area contributed by atoms with E-state index in [2.05, 4.69) is 37.6 Å². The Labute approximate surface area is 154 Å². The number of guanidine groups is 1. The minimum Gasteiger partial charge on any atom is -0.379 e. The van der Waals surface area contributed by atoms with Crippen LogP contribution in [0.15, 0.2) is 22.5 Å². The topological polar surface area (TPSA) is 74.2 Å². The van der Waals surface area contributed by atoms with Gasteiger partial charge in [-0.3, -0.25) is 9.89 Å². The Kier molecular flexibility index (Phi) is 8.14. The average Bonchev–Trinajstić information content (AvgIpc) is 3.07. The van der Waals surface area contributed by atoms with Crippen molar-refractivity contribution in [1.82, 2.24) is 15.1 Å². The molecule has 0 spiro atoms. The minimum absolute atomic E-state index is 0.0634.